The van der Waals surface area contributed by atoms with Gasteiger partial charge in [-0.3, -0.25) is 14.5 Å². The van der Waals surface area contributed by atoms with Crippen LogP contribution in [0.3, 0.4) is 0 Å². The minimum absolute atomic E-state index is 0.0913. The molecule has 0 aromatic rings. The third-order valence-electron chi connectivity index (χ3n) is 5.33. The summed E-state index contributed by atoms with van der Waals surface area (Å²) in [5.41, 5.74) is 0. The molecule has 6 nitrogen and oxygen atoms in total. The van der Waals surface area contributed by atoms with E-state index in [0.29, 0.717) is 12.3 Å². The molecule has 0 spiro atoms. The Bertz CT molecular complexity index is 430. The maximum Gasteiger partial charge on any atom is 0.220 e. The molecule has 3 rings (SSSR count). The SMILES string of the molecule is CC(=O)N1CCN([C@@H]2CC[C@@H](NC(=O)CC3CC3)[C@H]2O)CC1. The molecule has 124 valence electrons. The number of aliphatic hydroxyl groups excluding tert-OH is 1. The predicted octanol–water partition coefficient (Wildman–Crippen LogP) is -0.0413. The van der Waals surface area contributed by atoms with Crippen molar-refractivity contribution in [1.29, 1.82) is 0 Å². The van der Waals surface area contributed by atoms with Crippen LogP contribution in [-0.4, -0.2) is 71.1 Å². The number of nitrogens with one attached hydrogen (secondary N) is 1. The largest absolute Gasteiger partial charge is 0.389 e. The van der Waals surface area contributed by atoms with E-state index in [0.717, 1.165) is 39.0 Å². The molecule has 6 heteroatoms. The van der Waals surface area contributed by atoms with Crippen molar-refractivity contribution in [3.05, 3.63) is 0 Å². The predicted molar refractivity (Wildman–Crippen MR) is 82.1 cm³/mol. The van der Waals surface area contributed by atoms with E-state index in [1.165, 1.54) is 12.8 Å². The number of aliphatic hydroxyl groups is 1. The summed E-state index contributed by atoms with van der Waals surface area (Å²) in [6.07, 6.45) is 4.22. The molecule has 22 heavy (non-hydrogen) atoms. The molecule has 0 unspecified atom stereocenters. The molecule has 2 amide bonds. The van der Waals surface area contributed by atoms with E-state index in [2.05, 4.69) is 10.2 Å². The molecule has 0 aromatic carbocycles. The Morgan fingerprint density at radius 2 is 1.77 bits per heavy atom. The molecular weight excluding hydrogens is 282 g/mol. The molecule has 3 aliphatic rings. The quantitative estimate of drug-likeness (QED) is 0.764. The zero-order chi connectivity index (χ0) is 15.7. The summed E-state index contributed by atoms with van der Waals surface area (Å²) in [5, 5.41) is 13.6. The van der Waals surface area contributed by atoms with E-state index in [1.807, 2.05) is 4.90 Å². The van der Waals surface area contributed by atoms with E-state index in [-0.39, 0.29) is 23.9 Å². The van der Waals surface area contributed by atoms with Crippen LogP contribution in [0, 0.1) is 5.92 Å². The Kier molecular flexibility index (Phi) is 4.68. The summed E-state index contributed by atoms with van der Waals surface area (Å²) in [6.45, 7) is 4.69. The summed E-state index contributed by atoms with van der Waals surface area (Å²) in [6, 6.07) is 0.00224. The first kappa shape index (κ1) is 15.7. The number of piperazine rings is 1. The Hall–Kier alpha value is -1.14. The zero-order valence-electron chi connectivity index (χ0n) is 13.3. The van der Waals surface area contributed by atoms with Gasteiger partial charge in [-0.15, -0.1) is 0 Å². The average Bonchev–Trinajstić information content (AvgIpc) is 3.23. The van der Waals surface area contributed by atoms with Gasteiger partial charge in [0.25, 0.3) is 0 Å². The van der Waals surface area contributed by atoms with E-state index in [1.54, 1.807) is 6.92 Å². The summed E-state index contributed by atoms with van der Waals surface area (Å²) in [7, 11) is 0. The molecule has 3 fully saturated rings. The normalized spacial score (nSPS) is 33.0. The summed E-state index contributed by atoms with van der Waals surface area (Å²) >= 11 is 0. The minimum atomic E-state index is -0.493. The number of hydrogen-bond donors (Lipinski definition) is 2. The van der Waals surface area contributed by atoms with E-state index in [9.17, 15) is 14.7 Å². The highest BCUT2D eigenvalue weighted by atomic mass is 16.3. The van der Waals surface area contributed by atoms with Crippen LogP contribution < -0.4 is 5.32 Å². The van der Waals surface area contributed by atoms with E-state index >= 15 is 0 Å². The number of rotatable bonds is 4. The van der Waals surface area contributed by atoms with Gasteiger partial charge in [0.05, 0.1) is 12.1 Å². The smallest absolute Gasteiger partial charge is 0.220 e. The van der Waals surface area contributed by atoms with Gasteiger partial charge in [-0.05, 0) is 31.6 Å². The molecule has 2 aliphatic carbocycles. The minimum Gasteiger partial charge on any atom is -0.389 e. The lowest BCUT2D eigenvalue weighted by Crippen LogP contribution is -2.55. The van der Waals surface area contributed by atoms with Gasteiger partial charge >= 0.3 is 0 Å². The van der Waals surface area contributed by atoms with Crippen LogP contribution in [0.1, 0.15) is 39.0 Å². The summed E-state index contributed by atoms with van der Waals surface area (Å²) < 4.78 is 0. The molecular formula is C16H27N3O3. The lowest BCUT2D eigenvalue weighted by Gasteiger charge is -2.39. The van der Waals surface area contributed by atoms with Crippen molar-refractivity contribution in [3.8, 4) is 0 Å². The van der Waals surface area contributed by atoms with Crippen LogP contribution in [0.4, 0.5) is 0 Å². The van der Waals surface area contributed by atoms with Crippen molar-refractivity contribution >= 4 is 11.8 Å². The highest BCUT2D eigenvalue weighted by Gasteiger charge is 2.40. The van der Waals surface area contributed by atoms with Gasteiger partial charge in [-0.2, -0.15) is 0 Å². The first-order valence-corrected chi connectivity index (χ1v) is 8.51. The Morgan fingerprint density at radius 3 is 2.36 bits per heavy atom. The van der Waals surface area contributed by atoms with Gasteiger partial charge < -0.3 is 15.3 Å². The van der Waals surface area contributed by atoms with Crippen LogP contribution in [-0.2, 0) is 9.59 Å². The van der Waals surface area contributed by atoms with E-state index in [4.69, 9.17) is 0 Å². The fourth-order valence-electron chi connectivity index (χ4n) is 3.73. The third-order valence-corrected chi connectivity index (χ3v) is 5.33. The second kappa shape index (κ2) is 6.54. The molecule has 0 radical (unpaired) electrons. The molecule has 1 saturated heterocycles. The summed E-state index contributed by atoms with van der Waals surface area (Å²) in [4.78, 5) is 27.4. The first-order valence-electron chi connectivity index (χ1n) is 8.51. The van der Waals surface area contributed by atoms with Crippen LogP contribution in [0.5, 0.6) is 0 Å². The summed E-state index contributed by atoms with van der Waals surface area (Å²) in [5.74, 6) is 0.791. The van der Waals surface area contributed by atoms with Gasteiger partial charge in [-0.25, -0.2) is 0 Å². The van der Waals surface area contributed by atoms with Crippen LogP contribution in [0.15, 0.2) is 0 Å². The van der Waals surface area contributed by atoms with Crippen LogP contribution in [0.25, 0.3) is 0 Å². The highest BCUT2D eigenvalue weighted by molar-refractivity contribution is 5.77. The molecule has 3 atom stereocenters. The number of carbonyl (C=O) groups excluding carboxylic acids is 2. The molecule has 0 bridgehead atoms. The Balaban J connectivity index is 1.47. The number of nitrogens with zero attached hydrogens (tertiary/aromatic N) is 2. The Morgan fingerprint density at radius 1 is 1.09 bits per heavy atom. The van der Waals surface area contributed by atoms with Crippen LogP contribution in [0.2, 0.25) is 0 Å². The fourth-order valence-corrected chi connectivity index (χ4v) is 3.73. The van der Waals surface area contributed by atoms with E-state index < -0.39 is 6.10 Å². The second-order valence-electron chi connectivity index (χ2n) is 7.00. The number of carbonyl (C=O) groups is 2. The van der Waals surface area contributed by atoms with Gasteiger partial charge in [0.15, 0.2) is 0 Å². The Labute approximate surface area is 131 Å². The van der Waals surface area contributed by atoms with Crippen molar-refractivity contribution < 1.29 is 14.7 Å². The maximum absolute atomic E-state index is 11.9. The number of amides is 2. The molecule has 2 N–H and O–H groups in total. The van der Waals surface area contributed by atoms with Crippen molar-refractivity contribution in [2.75, 3.05) is 26.2 Å². The third kappa shape index (κ3) is 3.60. The highest BCUT2D eigenvalue weighted by Crippen LogP contribution is 2.32. The molecule has 2 saturated carbocycles. The lowest BCUT2D eigenvalue weighted by atomic mass is 10.1. The van der Waals surface area contributed by atoms with Crippen molar-refractivity contribution in [1.82, 2.24) is 15.1 Å². The average molecular weight is 309 g/mol. The van der Waals surface area contributed by atoms with Crippen LogP contribution >= 0.6 is 0 Å². The van der Waals surface area contributed by atoms with Crippen molar-refractivity contribution in [2.24, 2.45) is 5.92 Å². The monoisotopic (exact) mass is 309 g/mol. The fraction of sp³-hybridized carbons (Fsp3) is 0.875. The molecule has 1 aliphatic heterocycles. The van der Waals surface area contributed by atoms with Gasteiger partial charge in [0, 0.05) is 45.6 Å². The van der Waals surface area contributed by atoms with Crippen molar-refractivity contribution in [3.63, 3.8) is 0 Å². The standard InChI is InChI=1S/C16H27N3O3/c1-11(20)18-6-8-19(9-7-18)14-5-4-13(16(14)22)17-15(21)10-12-2-3-12/h12-14,16,22H,2-10H2,1H3,(H,17,21)/t13-,14-,16-/m1/s1. The molecule has 0 aromatic heterocycles. The second-order valence-corrected chi connectivity index (χ2v) is 7.00. The van der Waals surface area contributed by atoms with Gasteiger partial charge in [0.1, 0.15) is 0 Å². The van der Waals surface area contributed by atoms with Crippen molar-refractivity contribution in [2.45, 2.75) is 57.2 Å². The first-order chi connectivity index (χ1) is 10.5. The number of hydrogen-bond acceptors (Lipinski definition) is 4. The maximum atomic E-state index is 11.9. The lowest BCUT2D eigenvalue weighted by molar-refractivity contribution is -0.131. The van der Waals surface area contributed by atoms with Gasteiger partial charge in [0.2, 0.25) is 11.8 Å². The van der Waals surface area contributed by atoms with Gasteiger partial charge in [-0.1, -0.05) is 0 Å². The molecule has 1 heterocycles. The topological polar surface area (TPSA) is 72.9 Å². The zero-order valence-corrected chi connectivity index (χ0v) is 13.3.